The quantitative estimate of drug-likeness (QED) is 0.479. The summed E-state index contributed by atoms with van der Waals surface area (Å²) < 4.78 is 0. The maximum Gasteiger partial charge on any atom is 0.316 e. The molecule has 0 unspecified atom stereocenters. The molecule has 0 aliphatic heterocycles. The molecule has 2 amide bonds. The Hall–Kier alpha value is -3.26. The monoisotopic (exact) mass is 366 g/mol. The van der Waals surface area contributed by atoms with Crippen molar-refractivity contribution in [2.75, 3.05) is 5.32 Å². The number of H-pyrrole nitrogens is 1. The van der Waals surface area contributed by atoms with E-state index in [0.29, 0.717) is 45.1 Å². The lowest BCUT2D eigenvalue weighted by molar-refractivity contribution is 0.0990. The van der Waals surface area contributed by atoms with Crippen molar-refractivity contribution >= 4 is 34.6 Å². The molecule has 0 spiro atoms. The number of carbonyl (C=O) groups is 3. The molecule has 4 rings (SSSR count). The molecule has 3 aromatic rings. The number of amides is 2. The van der Waals surface area contributed by atoms with E-state index in [4.69, 9.17) is 5.73 Å². The average molecular weight is 366 g/mol. The Morgan fingerprint density at radius 3 is 2.77 bits per heavy atom. The van der Waals surface area contributed by atoms with Crippen LogP contribution in [0.25, 0.3) is 21.8 Å². The molecule has 0 bridgehead atoms. The highest BCUT2D eigenvalue weighted by atomic mass is 32.1. The zero-order valence-corrected chi connectivity index (χ0v) is 14.6. The van der Waals surface area contributed by atoms with E-state index in [1.807, 2.05) is 6.92 Å². The second-order valence-electron chi connectivity index (χ2n) is 5.81. The Balaban J connectivity index is 1.82. The number of benzene rings is 1. The number of hydrogen-bond acceptors (Lipinski definition) is 5. The fourth-order valence-corrected chi connectivity index (χ4v) is 4.11. The number of urea groups is 1. The molecule has 1 aromatic carbocycles. The molecule has 0 fully saturated rings. The van der Waals surface area contributed by atoms with Crippen LogP contribution >= 0.6 is 11.3 Å². The molecule has 8 heteroatoms. The lowest BCUT2D eigenvalue weighted by atomic mass is 10.1. The van der Waals surface area contributed by atoms with Gasteiger partial charge in [-0.1, -0.05) is 19.1 Å². The first kappa shape index (κ1) is 16.2. The Bertz CT molecular complexity index is 1080. The highest BCUT2D eigenvalue weighted by Crippen LogP contribution is 2.44. The maximum atomic E-state index is 13.0. The summed E-state index contributed by atoms with van der Waals surface area (Å²) in [4.78, 5) is 37.5. The molecule has 0 atom stereocenters. The molecule has 4 N–H and O–H groups in total. The van der Waals surface area contributed by atoms with Crippen molar-refractivity contribution in [3.8, 4) is 21.8 Å². The molecule has 1 aliphatic carbocycles. The number of nitrogens with one attached hydrogen (secondary N) is 2. The van der Waals surface area contributed by atoms with Gasteiger partial charge in [0.25, 0.3) is 0 Å². The van der Waals surface area contributed by atoms with Gasteiger partial charge in [0, 0.05) is 12.0 Å². The van der Waals surface area contributed by atoms with E-state index in [1.54, 1.807) is 30.3 Å². The van der Waals surface area contributed by atoms with Crippen molar-refractivity contribution in [2.24, 2.45) is 5.73 Å². The lowest BCUT2D eigenvalue weighted by Gasteiger charge is -2.07. The van der Waals surface area contributed by atoms with Crippen LogP contribution in [0.3, 0.4) is 0 Å². The number of rotatable bonds is 4. The fourth-order valence-electron chi connectivity index (χ4n) is 3.09. The zero-order valence-electron chi connectivity index (χ0n) is 13.8. The number of ketones is 2. The summed E-state index contributed by atoms with van der Waals surface area (Å²) >= 11 is 1.32. The summed E-state index contributed by atoms with van der Waals surface area (Å²) in [5.41, 5.74) is 8.12. The van der Waals surface area contributed by atoms with E-state index >= 15 is 0 Å². The molecule has 0 saturated heterocycles. The minimum atomic E-state index is -0.737. The fraction of sp³-hybridized carbons (Fsp3) is 0.111. The molecule has 1 aliphatic rings. The lowest BCUT2D eigenvalue weighted by Crippen LogP contribution is -2.20. The predicted octanol–water partition coefficient (Wildman–Crippen LogP) is 3.43. The Kier molecular flexibility index (Phi) is 3.69. The predicted molar refractivity (Wildman–Crippen MR) is 98.6 cm³/mol. The normalized spacial score (nSPS) is 12.0. The average Bonchev–Trinajstić information content (AvgIpc) is 3.31. The first-order valence-corrected chi connectivity index (χ1v) is 8.79. The molecule has 26 heavy (non-hydrogen) atoms. The highest BCUT2D eigenvalue weighted by molar-refractivity contribution is 7.17. The van der Waals surface area contributed by atoms with Crippen LogP contribution in [0.2, 0.25) is 0 Å². The van der Waals surface area contributed by atoms with E-state index in [1.165, 1.54) is 11.3 Å². The third-order valence-electron chi connectivity index (χ3n) is 4.25. The van der Waals surface area contributed by atoms with Crippen LogP contribution < -0.4 is 11.1 Å². The largest absolute Gasteiger partial charge is 0.351 e. The molecule has 130 valence electrons. The summed E-state index contributed by atoms with van der Waals surface area (Å²) in [6.45, 7) is 1.81. The van der Waals surface area contributed by atoms with Crippen LogP contribution in [-0.2, 0) is 0 Å². The van der Waals surface area contributed by atoms with Crippen LogP contribution in [0.15, 0.2) is 30.3 Å². The van der Waals surface area contributed by atoms with E-state index in [0.717, 1.165) is 4.88 Å². The number of nitrogens with zero attached hydrogens (tertiary/aromatic N) is 1. The van der Waals surface area contributed by atoms with Gasteiger partial charge >= 0.3 is 6.03 Å². The minimum absolute atomic E-state index is 0.0555. The summed E-state index contributed by atoms with van der Waals surface area (Å²) in [5.74, 6) is -0.181. The maximum absolute atomic E-state index is 13.0. The topological polar surface area (TPSA) is 118 Å². The minimum Gasteiger partial charge on any atom is -0.351 e. The number of Topliss-reactive ketones (excluding diaryl/α,β-unsaturated/α-hetero) is 1. The van der Waals surface area contributed by atoms with Gasteiger partial charge in [-0.2, -0.15) is 5.10 Å². The van der Waals surface area contributed by atoms with Gasteiger partial charge in [0.05, 0.1) is 32.3 Å². The third kappa shape index (κ3) is 2.34. The van der Waals surface area contributed by atoms with Gasteiger partial charge in [-0.15, -0.1) is 11.3 Å². The van der Waals surface area contributed by atoms with E-state index in [9.17, 15) is 14.4 Å². The summed E-state index contributed by atoms with van der Waals surface area (Å²) in [6, 6.07) is 7.95. The first-order valence-electron chi connectivity index (χ1n) is 7.97. The smallest absolute Gasteiger partial charge is 0.316 e. The SMILES string of the molecule is CCC(=O)c1ccc(-c2[nH]nc3c2C(=O)c2c(NC(N)=O)cccc2-3)s1. The van der Waals surface area contributed by atoms with Gasteiger partial charge in [-0.25, -0.2) is 4.79 Å². The van der Waals surface area contributed by atoms with E-state index < -0.39 is 6.03 Å². The van der Waals surface area contributed by atoms with E-state index in [-0.39, 0.29) is 11.6 Å². The number of aromatic amines is 1. The van der Waals surface area contributed by atoms with Crippen LogP contribution in [0.1, 0.15) is 38.9 Å². The molecule has 2 aromatic heterocycles. The Morgan fingerprint density at radius 2 is 2.04 bits per heavy atom. The Morgan fingerprint density at radius 1 is 1.23 bits per heavy atom. The number of hydrogen-bond donors (Lipinski definition) is 3. The van der Waals surface area contributed by atoms with Crippen molar-refractivity contribution in [1.82, 2.24) is 10.2 Å². The molecule has 0 radical (unpaired) electrons. The highest BCUT2D eigenvalue weighted by Gasteiger charge is 2.35. The Labute approximate surface area is 152 Å². The van der Waals surface area contributed by atoms with Gasteiger partial charge in [-0.05, 0) is 18.2 Å². The third-order valence-corrected chi connectivity index (χ3v) is 5.39. The summed E-state index contributed by atoms with van der Waals surface area (Å²) in [5, 5.41) is 9.69. The van der Waals surface area contributed by atoms with Crippen molar-refractivity contribution in [3.63, 3.8) is 0 Å². The number of thiophene rings is 1. The van der Waals surface area contributed by atoms with Crippen molar-refractivity contribution < 1.29 is 14.4 Å². The number of nitrogens with two attached hydrogens (primary N) is 1. The van der Waals surface area contributed by atoms with Gasteiger partial charge in [0.2, 0.25) is 0 Å². The van der Waals surface area contributed by atoms with Crippen molar-refractivity contribution in [1.29, 1.82) is 0 Å². The number of aromatic nitrogens is 2. The van der Waals surface area contributed by atoms with Gasteiger partial charge in [0.15, 0.2) is 11.6 Å². The number of carbonyl (C=O) groups excluding carboxylic acids is 3. The molecular weight excluding hydrogens is 352 g/mol. The van der Waals surface area contributed by atoms with Gasteiger partial charge in [0.1, 0.15) is 5.69 Å². The first-order chi connectivity index (χ1) is 12.5. The molecule has 0 saturated carbocycles. The number of anilines is 1. The summed E-state index contributed by atoms with van der Waals surface area (Å²) in [7, 11) is 0. The van der Waals surface area contributed by atoms with Crippen molar-refractivity contribution in [2.45, 2.75) is 13.3 Å². The second-order valence-corrected chi connectivity index (χ2v) is 6.89. The molecular formula is C18H14N4O3S. The second kappa shape index (κ2) is 5.92. The zero-order chi connectivity index (χ0) is 18.4. The molecule has 7 nitrogen and oxygen atoms in total. The van der Waals surface area contributed by atoms with Crippen LogP contribution in [0.5, 0.6) is 0 Å². The number of fused-ring (bicyclic) bond motifs is 3. The van der Waals surface area contributed by atoms with Gasteiger partial charge < -0.3 is 11.1 Å². The molecule has 2 heterocycles. The van der Waals surface area contributed by atoms with Crippen LogP contribution in [-0.4, -0.2) is 27.8 Å². The van der Waals surface area contributed by atoms with Crippen LogP contribution in [0.4, 0.5) is 10.5 Å². The van der Waals surface area contributed by atoms with Crippen LogP contribution in [0, 0.1) is 0 Å². The van der Waals surface area contributed by atoms with Crippen molar-refractivity contribution in [3.05, 3.63) is 46.3 Å². The number of primary amides is 1. The van der Waals surface area contributed by atoms with E-state index in [2.05, 4.69) is 15.5 Å². The van der Waals surface area contributed by atoms with Gasteiger partial charge in [-0.3, -0.25) is 14.7 Å². The standard InChI is InChI=1S/C18H14N4O3S/c1-2-10(23)11-6-7-12(26-11)16-14-15(21-22-16)8-4-3-5-9(20-18(19)25)13(8)17(14)24/h3-7H,2H2,1H3,(H,21,22)(H3,19,20,25). The summed E-state index contributed by atoms with van der Waals surface area (Å²) in [6.07, 6.45) is 0.424.